The van der Waals surface area contributed by atoms with Crippen molar-refractivity contribution in [3.8, 4) is 0 Å². The quantitative estimate of drug-likeness (QED) is 0.327. The third-order valence-electron chi connectivity index (χ3n) is 0.599. The predicted molar refractivity (Wildman–Crippen MR) is 37.5 cm³/mol. The van der Waals surface area contributed by atoms with Crippen LogP contribution in [-0.4, -0.2) is 18.5 Å². The Morgan fingerprint density at radius 3 is 2.80 bits per heavy atom. The molecule has 0 aliphatic carbocycles. The molecule has 0 unspecified atom stereocenters. The second-order valence-corrected chi connectivity index (χ2v) is 1.59. The number of carbonyl (C=O) groups excluding carboxylic acids is 1. The van der Waals surface area contributed by atoms with E-state index in [-0.39, 0.29) is 5.84 Å². The molecule has 0 spiro atoms. The summed E-state index contributed by atoms with van der Waals surface area (Å²) in [4.78, 5) is 10.5. The van der Waals surface area contributed by atoms with Gasteiger partial charge < -0.3 is 10.5 Å². The normalized spacial score (nSPS) is 10.8. The first-order valence-corrected chi connectivity index (χ1v) is 2.89. The van der Waals surface area contributed by atoms with Crippen LogP contribution in [0.5, 0.6) is 0 Å². The van der Waals surface area contributed by atoms with Crippen LogP contribution in [0.25, 0.3) is 0 Å². The monoisotopic (exact) mass is 145 g/mol. The van der Waals surface area contributed by atoms with E-state index >= 15 is 0 Å². The Hall–Kier alpha value is -1.26. The van der Waals surface area contributed by atoms with Gasteiger partial charge >= 0.3 is 6.09 Å². The van der Waals surface area contributed by atoms with Crippen LogP contribution < -0.4 is 11.2 Å². The van der Waals surface area contributed by atoms with Gasteiger partial charge in [-0.2, -0.15) is 5.10 Å². The molecule has 58 valence electrons. The van der Waals surface area contributed by atoms with Crippen molar-refractivity contribution in [2.75, 3.05) is 6.61 Å². The number of carbonyl (C=O) groups is 1. The molecular weight excluding hydrogens is 134 g/mol. The first-order valence-electron chi connectivity index (χ1n) is 2.89. The molecule has 0 fully saturated rings. The molecule has 0 saturated heterocycles. The van der Waals surface area contributed by atoms with Gasteiger partial charge in [-0.05, 0) is 13.8 Å². The fourth-order valence-electron chi connectivity index (χ4n) is 0.297. The third kappa shape index (κ3) is 4.89. The van der Waals surface area contributed by atoms with Crippen LogP contribution in [0, 0.1) is 0 Å². The molecule has 0 bridgehead atoms. The minimum Gasteiger partial charge on any atom is -0.449 e. The van der Waals surface area contributed by atoms with Crippen molar-refractivity contribution in [3.05, 3.63) is 0 Å². The number of amidine groups is 1. The van der Waals surface area contributed by atoms with E-state index in [2.05, 4.69) is 15.3 Å². The Kier molecular flexibility index (Phi) is 4.02. The number of amides is 1. The molecule has 0 aliphatic heterocycles. The molecule has 5 nitrogen and oxygen atoms in total. The van der Waals surface area contributed by atoms with Gasteiger partial charge in [0.05, 0.1) is 6.61 Å². The largest absolute Gasteiger partial charge is 0.449 e. The Labute approximate surface area is 59.2 Å². The lowest BCUT2D eigenvalue weighted by Gasteiger charge is -1.98. The molecular formula is C5H11N3O2. The number of ether oxygens (including phenoxy) is 1. The smallest absolute Gasteiger partial charge is 0.427 e. The Bertz CT molecular complexity index is 140. The molecule has 1 amide bonds. The van der Waals surface area contributed by atoms with Crippen LogP contribution in [0.4, 0.5) is 4.79 Å². The molecule has 0 saturated carbocycles. The number of hydrogen-bond acceptors (Lipinski definition) is 3. The lowest BCUT2D eigenvalue weighted by atomic mass is 10.7. The zero-order chi connectivity index (χ0) is 7.98. The highest BCUT2D eigenvalue weighted by Crippen LogP contribution is 1.74. The maximum Gasteiger partial charge on any atom is 0.427 e. The fourth-order valence-corrected chi connectivity index (χ4v) is 0.297. The number of nitrogens with one attached hydrogen (secondary N) is 1. The van der Waals surface area contributed by atoms with Crippen LogP contribution in [0.15, 0.2) is 5.10 Å². The average Bonchev–Trinajstić information content (AvgIpc) is 1.85. The fraction of sp³-hybridized carbons (Fsp3) is 0.600. The summed E-state index contributed by atoms with van der Waals surface area (Å²) in [6.07, 6.45) is -0.590. The van der Waals surface area contributed by atoms with Crippen LogP contribution in [0.2, 0.25) is 0 Å². The predicted octanol–water partition coefficient (Wildman–Crippen LogP) is 0.0246. The molecule has 0 aromatic rings. The number of nitrogens with zero attached hydrogens (tertiary/aromatic N) is 1. The minimum atomic E-state index is -0.590. The van der Waals surface area contributed by atoms with Crippen LogP contribution in [0.1, 0.15) is 13.8 Å². The summed E-state index contributed by atoms with van der Waals surface area (Å²) in [5.41, 5.74) is 7.20. The highest BCUT2D eigenvalue weighted by atomic mass is 16.5. The molecule has 0 aromatic carbocycles. The lowest BCUT2D eigenvalue weighted by molar-refractivity contribution is 0.152. The number of rotatable bonds is 2. The summed E-state index contributed by atoms with van der Waals surface area (Å²) in [6.45, 7) is 3.59. The summed E-state index contributed by atoms with van der Waals surface area (Å²) < 4.78 is 4.48. The molecule has 0 atom stereocenters. The maximum absolute atomic E-state index is 10.5. The van der Waals surface area contributed by atoms with Crippen molar-refractivity contribution in [1.82, 2.24) is 5.43 Å². The van der Waals surface area contributed by atoms with Crippen molar-refractivity contribution in [3.63, 3.8) is 0 Å². The lowest BCUT2D eigenvalue weighted by Crippen LogP contribution is -2.22. The van der Waals surface area contributed by atoms with Gasteiger partial charge in [-0.25, -0.2) is 10.2 Å². The van der Waals surface area contributed by atoms with E-state index in [0.29, 0.717) is 6.61 Å². The van der Waals surface area contributed by atoms with Crippen LogP contribution >= 0.6 is 0 Å². The Balaban J connectivity index is 3.49. The number of hydrazone groups is 1. The van der Waals surface area contributed by atoms with Gasteiger partial charge in [-0.1, -0.05) is 0 Å². The average molecular weight is 145 g/mol. The van der Waals surface area contributed by atoms with Gasteiger partial charge in [-0.15, -0.1) is 0 Å². The van der Waals surface area contributed by atoms with Crippen molar-refractivity contribution in [2.45, 2.75) is 13.8 Å². The Morgan fingerprint density at radius 2 is 2.40 bits per heavy atom. The highest BCUT2D eigenvalue weighted by Gasteiger charge is 1.94. The molecule has 0 aromatic heterocycles. The summed E-state index contributed by atoms with van der Waals surface area (Å²) in [5, 5.41) is 3.41. The van der Waals surface area contributed by atoms with Crippen molar-refractivity contribution in [1.29, 1.82) is 0 Å². The Morgan fingerprint density at radius 1 is 1.80 bits per heavy atom. The number of nitrogens with two attached hydrogens (primary N) is 1. The minimum absolute atomic E-state index is 0.285. The summed E-state index contributed by atoms with van der Waals surface area (Å²) >= 11 is 0. The second kappa shape index (κ2) is 4.60. The van der Waals surface area contributed by atoms with Crippen LogP contribution in [-0.2, 0) is 4.74 Å². The summed E-state index contributed by atoms with van der Waals surface area (Å²) in [5.74, 6) is 0.285. The topological polar surface area (TPSA) is 76.7 Å². The van der Waals surface area contributed by atoms with Gasteiger partial charge in [0, 0.05) is 0 Å². The highest BCUT2D eigenvalue weighted by molar-refractivity contribution is 5.79. The van der Waals surface area contributed by atoms with Gasteiger partial charge in [0.2, 0.25) is 0 Å². The van der Waals surface area contributed by atoms with Gasteiger partial charge in [-0.3, -0.25) is 0 Å². The first-order chi connectivity index (χ1) is 4.66. The van der Waals surface area contributed by atoms with E-state index in [1.807, 2.05) is 0 Å². The maximum atomic E-state index is 10.5. The second-order valence-electron chi connectivity index (χ2n) is 1.59. The molecule has 0 heterocycles. The van der Waals surface area contributed by atoms with E-state index in [4.69, 9.17) is 5.73 Å². The molecule has 0 rings (SSSR count). The van der Waals surface area contributed by atoms with Crippen molar-refractivity contribution >= 4 is 11.9 Å². The summed E-state index contributed by atoms with van der Waals surface area (Å²) in [7, 11) is 0. The van der Waals surface area contributed by atoms with E-state index in [1.165, 1.54) is 0 Å². The van der Waals surface area contributed by atoms with E-state index < -0.39 is 6.09 Å². The van der Waals surface area contributed by atoms with E-state index in [9.17, 15) is 4.79 Å². The van der Waals surface area contributed by atoms with E-state index in [0.717, 1.165) is 0 Å². The summed E-state index contributed by atoms with van der Waals surface area (Å²) in [6, 6.07) is 0. The zero-order valence-electron chi connectivity index (χ0n) is 6.05. The van der Waals surface area contributed by atoms with Crippen molar-refractivity contribution < 1.29 is 9.53 Å². The zero-order valence-corrected chi connectivity index (χ0v) is 6.05. The molecule has 5 heteroatoms. The molecule has 0 radical (unpaired) electrons. The van der Waals surface area contributed by atoms with E-state index in [1.54, 1.807) is 13.8 Å². The van der Waals surface area contributed by atoms with Gasteiger partial charge in [0.1, 0.15) is 5.84 Å². The van der Waals surface area contributed by atoms with Crippen LogP contribution in [0.3, 0.4) is 0 Å². The first kappa shape index (κ1) is 8.74. The third-order valence-corrected chi connectivity index (χ3v) is 0.599. The SMILES string of the molecule is CCOC(=O)N/N=C(/C)N. The van der Waals surface area contributed by atoms with Gasteiger partial charge in [0.15, 0.2) is 0 Å². The molecule has 0 aliphatic rings. The van der Waals surface area contributed by atoms with Gasteiger partial charge in [0.25, 0.3) is 0 Å². The standard InChI is InChI=1S/C5H11N3O2/c1-3-10-5(9)8-7-4(2)6/h3H2,1-2H3,(H2,6,7)(H,8,9). The molecule has 3 N–H and O–H groups in total. The molecule has 10 heavy (non-hydrogen) atoms. The number of hydrogen-bond donors (Lipinski definition) is 2. The van der Waals surface area contributed by atoms with Crippen molar-refractivity contribution in [2.24, 2.45) is 10.8 Å².